The Morgan fingerprint density at radius 2 is 2.11 bits per heavy atom. The highest BCUT2D eigenvalue weighted by atomic mass is 16.2. The van der Waals surface area contributed by atoms with Crippen molar-refractivity contribution in [1.29, 1.82) is 0 Å². The molecule has 0 unspecified atom stereocenters. The maximum Gasteiger partial charge on any atom is 0.241 e. The molecule has 0 aliphatic carbocycles. The van der Waals surface area contributed by atoms with Gasteiger partial charge >= 0.3 is 0 Å². The predicted octanol–water partition coefficient (Wildman–Crippen LogP) is -0.160. The molecule has 1 aromatic heterocycles. The van der Waals surface area contributed by atoms with E-state index in [1.807, 2.05) is 13.8 Å². The van der Waals surface area contributed by atoms with Crippen molar-refractivity contribution in [2.75, 3.05) is 25.4 Å². The lowest BCUT2D eigenvalue weighted by Gasteiger charge is -2.18. The number of amides is 2. The van der Waals surface area contributed by atoms with Gasteiger partial charge < -0.3 is 16.0 Å². The van der Waals surface area contributed by atoms with Gasteiger partial charge in [-0.1, -0.05) is 0 Å². The third-order valence-corrected chi connectivity index (χ3v) is 2.74. The minimum atomic E-state index is -0.185. The minimum absolute atomic E-state index is 0.0497. The van der Waals surface area contributed by atoms with Crippen LogP contribution in [0.1, 0.15) is 20.3 Å². The van der Waals surface area contributed by atoms with Crippen LogP contribution in [0.5, 0.6) is 0 Å². The number of hydrogen-bond acceptors (Lipinski definition) is 4. The Hall–Kier alpha value is -2.05. The van der Waals surface area contributed by atoms with Crippen molar-refractivity contribution in [3.8, 4) is 0 Å². The Morgan fingerprint density at radius 1 is 1.42 bits per heavy atom. The van der Waals surface area contributed by atoms with Crippen molar-refractivity contribution in [2.24, 2.45) is 0 Å². The second kappa shape index (κ2) is 7.40. The average molecular weight is 267 g/mol. The fourth-order valence-corrected chi connectivity index (χ4v) is 1.71. The molecule has 106 valence electrons. The lowest BCUT2D eigenvalue weighted by Crippen LogP contribution is -2.35. The molecule has 0 atom stereocenters. The standard InChI is InChI=1S/C12H21N5O2/c1-3-16(4-2)12(19)5-7-14-11(18)9-17-8-6-10(13)15-17/h6,8H,3-5,7,9H2,1-2H3,(H2,13,15)(H,14,18). The molecule has 1 heterocycles. The minimum Gasteiger partial charge on any atom is -0.382 e. The Balaban J connectivity index is 2.25. The number of carbonyl (C=O) groups excluding carboxylic acids is 2. The molecule has 0 aliphatic heterocycles. The second-order valence-electron chi connectivity index (χ2n) is 4.10. The van der Waals surface area contributed by atoms with Crippen LogP contribution < -0.4 is 11.1 Å². The van der Waals surface area contributed by atoms with Crippen LogP contribution in [0.4, 0.5) is 5.82 Å². The maximum atomic E-state index is 11.7. The Morgan fingerprint density at radius 3 is 2.63 bits per heavy atom. The molecule has 7 nitrogen and oxygen atoms in total. The summed E-state index contributed by atoms with van der Waals surface area (Å²) in [4.78, 5) is 25.0. The van der Waals surface area contributed by atoms with Crippen molar-refractivity contribution in [2.45, 2.75) is 26.8 Å². The van der Waals surface area contributed by atoms with Crippen LogP contribution in [-0.4, -0.2) is 46.1 Å². The van der Waals surface area contributed by atoms with Gasteiger partial charge in [0.25, 0.3) is 0 Å². The number of rotatable bonds is 7. The first-order chi connectivity index (χ1) is 9.06. The van der Waals surface area contributed by atoms with E-state index in [1.54, 1.807) is 17.2 Å². The number of nitrogens with one attached hydrogen (secondary N) is 1. The smallest absolute Gasteiger partial charge is 0.241 e. The molecule has 0 spiro atoms. The molecule has 19 heavy (non-hydrogen) atoms. The van der Waals surface area contributed by atoms with Gasteiger partial charge in [-0.3, -0.25) is 14.3 Å². The molecule has 3 N–H and O–H groups in total. The zero-order chi connectivity index (χ0) is 14.3. The first-order valence-electron chi connectivity index (χ1n) is 6.40. The van der Waals surface area contributed by atoms with Crippen molar-refractivity contribution in [3.63, 3.8) is 0 Å². The third kappa shape index (κ3) is 4.99. The van der Waals surface area contributed by atoms with Crippen LogP contribution in [0, 0.1) is 0 Å². The first kappa shape index (κ1) is 15.0. The molecule has 0 saturated heterocycles. The number of carbonyl (C=O) groups is 2. The second-order valence-corrected chi connectivity index (χ2v) is 4.10. The van der Waals surface area contributed by atoms with Gasteiger partial charge in [0.2, 0.25) is 11.8 Å². The van der Waals surface area contributed by atoms with Crippen molar-refractivity contribution >= 4 is 17.6 Å². The van der Waals surface area contributed by atoms with Crippen molar-refractivity contribution in [1.82, 2.24) is 20.0 Å². The number of nitrogens with zero attached hydrogens (tertiary/aromatic N) is 3. The third-order valence-electron chi connectivity index (χ3n) is 2.74. The number of aromatic nitrogens is 2. The van der Waals surface area contributed by atoms with E-state index in [1.165, 1.54) is 4.68 Å². The molecule has 0 fully saturated rings. The lowest BCUT2D eigenvalue weighted by molar-refractivity contribution is -0.130. The van der Waals surface area contributed by atoms with Gasteiger partial charge in [-0.05, 0) is 19.9 Å². The van der Waals surface area contributed by atoms with Crippen molar-refractivity contribution < 1.29 is 9.59 Å². The summed E-state index contributed by atoms with van der Waals surface area (Å²) in [5.41, 5.74) is 5.44. The van der Waals surface area contributed by atoms with E-state index in [-0.39, 0.29) is 18.4 Å². The molecule has 1 aromatic rings. The highest BCUT2D eigenvalue weighted by Crippen LogP contribution is 1.95. The highest BCUT2D eigenvalue weighted by Gasteiger charge is 2.10. The zero-order valence-corrected chi connectivity index (χ0v) is 11.4. The summed E-state index contributed by atoms with van der Waals surface area (Å²) in [6.45, 7) is 5.69. The summed E-state index contributed by atoms with van der Waals surface area (Å²) in [7, 11) is 0. The van der Waals surface area contributed by atoms with Crippen LogP contribution >= 0.6 is 0 Å². The highest BCUT2D eigenvalue weighted by molar-refractivity contribution is 5.78. The van der Waals surface area contributed by atoms with E-state index in [4.69, 9.17) is 5.73 Å². The van der Waals surface area contributed by atoms with Gasteiger partial charge in [0.15, 0.2) is 0 Å². The van der Waals surface area contributed by atoms with E-state index in [0.29, 0.717) is 31.9 Å². The first-order valence-corrected chi connectivity index (χ1v) is 6.40. The quantitative estimate of drug-likeness (QED) is 0.718. The average Bonchev–Trinajstić information content (AvgIpc) is 2.76. The van der Waals surface area contributed by atoms with Gasteiger partial charge in [-0.15, -0.1) is 0 Å². The largest absolute Gasteiger partial charge is 0.382 e. The SMILES string of the molecule is CCN(CC)C(=O)CCNC(=O)Cn1ccc(N)n1. The van der Waals surface area contributed by atoms with Gasteiger partial charge in [-0.25, -0.2) is 0 Å². The van der Waals surface area contributed by atoms with Crippen LogP contribution in [0.15, 0.2) is 12.3 Å². The van der Waals surface area contributed by atoms with Crippen LogP contribution in [0.3, 0.4) is 0 Å². The molecular weight excluding hydrogens is 246 g/mol. The van der Waals surface area contributed by atoms with E-state index < -0.39 is 0 Å². The number of anilines is 1. The van der Waals surface area contributed by atoms with Crippen molar-refractivity contribution in [3.05, 3.63) is 12.3 Å². The van der Waals surface area contributed by atoms with Crippen LogP contribution in [0.2, 0.25) is 0 Å². The molecule has 0 aliphatic rings. The molecule has 7 heteroatoms. The van der Waals surface area contributed by atoms with Crippen LogP contribution in [-0.2, 0) is 16.1 Å². The van der Waals surface area contributed by atoms with Gasteiger partial charge in [0.1, 0.15) is 12.4 Å². The predicted molar refractivity (Wildman–Crippen MR) is 72.2 cm³/mol. The normalized spacial score (nSPS) is 10.2. The molecular formula is C12H21N5O2. The van der Waals surface area contributed by atoms with Crippen LogP contribution in [0.25, 0.3) is 0 Å². The molecule has 0 saturated carbocycles. The molecule has 0 bridgehead atoms. The van der Waals surface area contributed by atoms with E-state index in [9.17, 15) is 9.59 Å². The summed E-state index contributed by atoms with van der Waals surface area (Å²) in [5, 5.41) is 6.59. The molecule has 0 radical (unpaired) electrons. The summed E-state index contributed by atoms with van der Waals surface area (Å²) < 4.78 is 1.46. The topological polar surface area (TPSA) is 93.2 Å². The Kier molecular flexibility index (Phi) is 5.84. The van der Waals surface area contributed by atoms with Gasteiger partial charge in [-0.2, -0.15) is 5.10 Å². The molecule has 0 aromatic carbocycles. The molecule has 2 amide bonds. The summed E-state index contributed by atoms with van der Waals surface area (Å²) in [6, 6.07) is 1.62. The van der Waals surface area contributed by atoms with Gasteiger partial charge in [0.05, 0.1) is 0 Å². The maximum absolute atomic E-state index is 11.7. The lowest BCUT2D eigenvalue weighted by atomic mass is 10.3. The van der Waals surface area contributed by atoms with E-state index >= 15 is 0 Å². The van der Waals surface area contributed by atoms with Gasteiger partial charge in [0, 0.05) is 32.3 Å². The Labute approximate surface area is 112 Å². The van der Waals surface area contributed by atoms with E-state index in [0.717, 1.165) is 0 Å². The summed E-state index contributed by atoms with van der Waals surface area (Å²) in [6.07, 6.45) is 1.95. The summed E-state index contributed by atoms with van der Waals surface area (Å²) in [5.74, 6) is 0.244. The zero-order valence-electron chi connectivity index (χ0n) is 11.4. The number of nitrogens with two attached hydrogens (primary N) is 1. The van der Waals surface area contributed by atoms with E-state index in [2.05, 4.69) is 10.4 Å². The number of nitrogen functional groups attached to an aromatic ring is 1. The monoisotopic (exact) mass is 267 g/mol. The fraction of sp³-hybridized carbons (Fsp3) is 0.583. The summed E-state index contributed by atoms with van der Waals surface area (Å²) >= 11 is 0. The Bertz CT molecular complexity index is 426. The molecule has 1 rings (SSSR count). The fourth-order valence-electron chi connectivity index (χ4n) is 1.71. The number of hydrogen-bond donors (Lipinski definition) is 2.